The summed E-state index contributed by atoms with van der Waals surface area (Å²) in [6.45, 7) is 2.06. The van der Waals surface area contributed by atoms with Crippen molar-refractivity contribution in [2.24, 2.45) is 0 Å². The molecule has 2 aliphatic rings. The van der Waals surface area contributed by atoms with E-state index in [-0.39, 0.29) is 5.82 Å². The molecule has 0 bridgehead atoms. The fourth-order valence-electron chi connectivity index (χ4n) is 3.00. The van der Waals surface area contributed by atoms with E-state index in [2.05, 4.69) is 9.97 Å². The highest BCUT2D eigenvalue weighted by molar-refractivity contribution is 5.66. The van der Waals surface area contributed by atoms with Gasteiger partial charge in [-0.1, -0.05) is 24.3 Å². The summed E-state index contributed by atoms with van der Waals surface area (Å²) >= 11 is 0. The molecule has 0 aliphatic carbocycles. The van der Waals surface area contributed by atoms with Crippen molar-refractivity contribution in [3.63, 3.8) is 0 Å². The summed E-state index contributed by atoms with van der Waals surface area (Å²) in [6.07, 6.45) is -0.834. The zero-order valence-electron chi connectivity index (χ0n) is 14.8. The Balaban J connectivity index is 1.62. The van der Waals surface area contributed by atoms with Crippen LogP contribution < -0.4 is 0 Å². The van der Waals surface area contributed by atoms with E-state index in [1.54, 1.807) is 48.1 Å². The number of hydrogen-bond acceptors (Lipinski definition) is 2. The molecule has 0 saturated carbocycles. The monoisotopic (exact) mass is 385 g/mol. The van der Waals surface area contributed by atoms with Crippen molar-refractivity contribution in [2.75, 3.05) is 0 Å². The Hall–Kier alpha value is -3.22. The van der Waals surface area contributed by atoms with Crippen molar-refractivity contribution in [2.45, 2.75) is 19.6 Å². The molecule has 2 heterocycles. The van der Waals surface area contributed by atoms with Gasteiger partial charge in [0, 0.05) is 18.9 Å². The second-order valence-corrected chi connectivity index (χ2v) is 6.57. The lowest BCUT2D eigenvalue weighted by molar-refractivity contribution is -0.137. The quantitative estimate of drug-likeness (QED) is 0.432. The summed E-state index contributed by atoms with van der Waals surface area (Å²) in [6, 6.07) is 11.8. The van der Waals surface area contributed by atoms with E-state index < -0.39 is 11.7 Å². The predicted octanol–water partition coefficient (Wildman–Crippen LogP) is 5.56. The van der Waals surface area contributed by atoms with Gasteiger partial charge >= 0.3 is 6.18 Å². The van der Waals surface area contributed by atoms with Gasteiger partial charge in [0.25, 0.3) is 0 Å². The van der Waals surface area contributed by atoms with Crippen LogP contribution in [0.15, 0.2) is 60.9 Å². The lowest BCUT2D eigenvalue weighted by Crippen LogP contribution is -2.05. The lowest BCUT2D eigenvalue weighted by atomic mass is 10.1. The van der Waals surface area contributed by atoms with Gasteiger partial charge in [0.05, 0.1) is 16.8 Å². The van der Waals surface area contributed by atoms with E-state index in [1.807, 2.05) is 0 Å². The van der Waals surface area contributed by atoms with Gasteiger partial charge in [-0.25, -0.2) is 14.4 Å². The van der Waals surface area contributed by atoms with Gasteiger partial charge in [-0.05, 0) is 42.3 Å². The maximum Gasteiger partial charge on any atom is 0.416 e. The van der Waals surface area contributed by atoms with Gasteiger partial charge in [-0.3, -0.25) is 0 Å². The van der Waals surface area contributed by atoms with Crippen LogP contribution in [-0.4, -0.2) is 14.5 Å². The Morgan fingerprint density at radius 1 is 0.929 bits per heavy atom. The number of aromatic nitrogens is 3. The van der Waals surface area contributed by atoms with Crippen LogP contribution in [0.3, 0.4) is 0 Å². The first-order chi connectivity index (χ1) is 13.3. The zero-order chi connectivity index (χ0) is 19.9. The summed E-state index contributed by atoms with van der Waals surface area (Å²) in [5, 5.41) is 0. The van der Waals surface area contributed by atoms with Crippen LogP contribution in [0.1, 0.15) is 16.7 Å². The fourth-order valence-corrected chi connectivity index (χ4v) is 3.00. The molecule has 2 aromatic rings. The van der Waals surface area contributed by atoms with Crippen LogP contribution in [0.5, 0.6) is 0 Å². The molecule has 0 amide bonds. The molecule has 0 radical (unpaired) electrons. The van der Waals surface area contributed by atoms with E-state index in [4.69, 9.17) is 0 Å². The third kappa shape index (κ3) is 3.47. The highest BCUT2D eigenvalue weighted by Gasteiger charge is 2.29. The number of rotatable bonds is 3. The summed E-state index contributed by atoms with van der Waals surface area (Å²) in [5.41, 5.74) is 2.12. The molecule has 7 heteroatoms. The number of benzene rings is 2. The van der Waals surface area contributed by atoms with Crippen molar-refractivity contribution >= 4 is 0 Å². The van der Waals surface area contributed by atoms with Crippen LogP contribution in [0.2, 0.25) is 0 Å². The largest absolute Gasteiger partial charge is 0.416 e. The van der Waals surface area contributed by atoms with Gasteiger partial charge in [-0.15, -0.1) is 0 Å². The first-order valence-corrected chi connectivity index (χ1v) is 8.56. The maximum absolute atomic E-state index is 14.3. The highest BCUT2D eigenvalue weighted by atomic mass is 19.4. The standard InChI is InChI=1S/C21H15F4N3/c1-13-3-2-4-16(19(13)22)20-26-17-9-10-28(12-18(17)27-20)11-14-5-7-15(8-6-14)21(23,24)25/h2-10,12H,11H2,1H3. The number of aryl methyl sites for hydroxylation is 1. The summed E-state index contributed by atoms with van der Waals surface area (Å²) in [7, 11) is 0. The van der Waals surface area contributed by atoms with Crippen molar-refractivity contribution in [1.82, 2.24) is 14.5 Å². The van der Waals surface area contributed by atoms with Gasteiger partial charge in [0.2, 0.25) is 0 Å². The van der Waals surface area contributed by atoms with E-state index in [9.17, 15) is 17.6 Å². The Morgan fingerprint density at radius 3 is 2.36 bits per heavy atom. The molecule has 0 aromatic heterocycles. The molecular formula is C21H15F4N3. The van der Waals surface area contributed by atoms with Crippen LogP contribution in [0.4, 0.5) is 17.6 Å². The lowest BCUT2D eigenvalue weighted by Gasteiger charge is -2.10. The van der Waals surface area contributed by atoms with Gasteiger partial charge in [0.1, 0.15) is 11.5 Å². The number of hydrogen-bond donors (Lipinski definition) is 0. The molecule has 2 aliphatic heterocycles. The number of halogens is 4. The molecule has 0 saturated heterocycles. The minimum Gasteiger partial charge on any atom is -0.348 e. The summed E-state index contributed by atoms with van der Waals surface area (Å²) in [5.74, 6) is -0.0427. The normalized spacial score (nSPS) is 11.9. The number of imidazole rings is 1. The number of pyridine rings is 1. The van der Waals surface area contributed by atoms with Gasteiger partial charge in [0.15, 0.2) is 5.82 Å². The Kier molecular flexibility index (Phi) is 4.37. The molecule has 4 rings (SSSR count). The SMILES string of the molecule is Cc1cccc(-c2nc3ccn(Cc4ccc(C(F)(F)F)cc4)cc-3n2)c1F. The van der Waals surface area contributed by atoms with Crippen LogP contribution >= 0.6 is 0 Å². The fraction of sp³-hybridized carbons (Fsp3) is 0.143. The molecular weight excluding hydrogens is 370 g/mol. The van der Waals surface area contributed by atoms with Crippen molar-refractivity contribution in [3.8, 4) is 22.8 Å². The molecule has 0 N–H and O–H groups in total. The van der Waals surface area contributed by atoms with E-state index in [0.29, 0.717) is 34.9 Å². The van der Waals surface area contributed by atoms with Crippen LogP contribution in [-0.2, 0) is 12.7 Å². The minimum absolute atomic E-state index is 0.309. The topological polar surface area (TPSA) is 30.7 Å². The van der Waals surface area contributed by atoms with Crippen molar-refractivity contribution in [1.29, 1.82) is 0 Å². The molecule has 0 unspecified atom stereocenters. The molecule has 2 aromatic carbocycles. The third-order valence-electron chi connectivity index (χ3n) is 4.51. The number of fused-ring (bicyclic) bond motifs is 1. The third-order valence-corrected chi connectivity index (χ3v) is 4.51. The second kappa shape index (κ2) is 6.74. The maximum atomic E-state index is 14.3. The Bertz CT molecular complexity index is 1100. The van der Waals surface area contributed by atoms with E-state index in [1.165, 1.54) is 12.1 Å². The van der Waals surface area contributed by atoms with Crippen LogP contribution in [0.25, 0.3) is 22.8 Å². The van der Waals surface area contributed by atoms with Gasteiger partial charge in [-0.2, -0.15) is 13.2 Å². The molecule has 0 fully saturated rings. The Morgan fingerprint density at radius 2 is 1.64 bits per heavy atom. The summed E-state index contributed by atoms with van der Waals surface area (Å²) < 4.78 is 54.1. The minimum atomic E-state index is -4.35. The van der Waals surface area contributed by atoms with Crippen molar-refractivity contribution in [3.05, 3.63) is 83.4 Å². The highest BCUT2D eigenvalue weighted by Crippen LogP contribution is 2.30. The van der Waals surface area contributed by atoms with Crippen molar-refractivity contribution < 1.29 is 17.6 Å². The molecule has 28 heavy (non-hydrogen) atoms. The van der Waals surface area contributed by atoms with Crippen LogP contribution in [0, 0.1) is 12.7 Å². The molecule has 0 atom stereocenters. The van der Waals surface area contributed by atoms with Gasteiger partial charge < -0.3 is 4.57 Å². The second-order valence-electron chi connectivity index (χ2n) is 6.57. The van der Waals surface area contributed by atoms with E-state index in [0.717, 1.165) is 17.7 Å². The number of alkyl halides is 3. The molecule has 3 nitrogen and oxygen atoms in total. The summed E-state index contributed by atoms with van der Waals surface area (Å²) in [4.78, 5) is 8.80. The smallest absolute Gasteiger partial charge is 0.348 e. The molecule has 142 valence electrons. The first-order valence-electron chi connectivity index (χ1n) is 8.56. The Labute approximate surface area is 158 Å². The number of nitrogens with zero attached hydrogens (tertiary/aromatic N) is 3. The average molecular weight is 385 g/mol. The molecule has 0 spiro atoms. The first kappa shape index (κ1) is 18.2. The average Bonchev–Trinajstić information content (AvgIpc) is 3.07. The zero-order valence-corrected chi connectivity index (χ0v) is 14.8. The van der Waals surface area contributed by atoms with E-state index >= 15 is 0 Å². The predicted molar refractivity (Wildman–Crippen MR) is 97.3 cm³/mol.